The van der Waals surface area contributed by atoms with Crippen LogP contribution < -0.4 is 10.0 Å². The normalized spacial score (nSPS) is 18.3. The maximum atomic E-state index is 13.0. The van der Waals surface area contributed by atoms with Gasteiger partial charge in [-0.2, -0.15) is 0 Å². The quantitative estimate of drug-likeness (QED) is 0.282. The van der Waals surface area contributed by atoms with Gasteiger partial charge in [-0.3, -0.25) is 14.3 Å². The molecule has 2 amide bonds. The van der Waals surface area contributed by atoms with E-state index in [1.165, 1.54) is 0 Å². The van der Waals surface area contributed by atoms with Crippen molar-refractivity contribution in [2.75, 3.05) is 0 Å². The first-order valence-corrected chi connectivity index (χ1v) is 13.4. The molecular weight excluding hydrogens is 492 g/mol. The lowest BCUT2D eigenvalue weighted by atomic mass is 10.0. The Kier molecular flexibility index (Phi) is 6.77. The zero-order valence-electron chi connectivity index (χ0n) is 19.8. The van der Waals surface area contributed by atoms with Gasteiger partial charge in [-0.05, 0) is 35.2 Å². The minimum absolute atomic E-state index is 0.112. The van der Waals surface area contributed by atoms with Gasteiger partial charge in [-0.15, -0.1) is 0 Å². The monoisotopic (exact) mass is 518 g/mol. The van der Waals surface area contributed by atoms with Crippen molar-refractivity contribution in [3.05, 3.63) is 101 Å². The number of fused-ring (bicyclic) bond motifs is 1. The first-order chi connectivity index (χ1) is 17.8. The van der Waals surface area contributed by atoms with Crippen molar-refractivity contribution in [3.8, 4) is 0 Å². The molecule has 2 heterocycles. The van der Waals surface area contributed by atoms with Crippen LogP contribution in [-0.2, 0) is 32.5 Å². The summed E-state index contributed by atoms with van der Waals surface area (Å²) >= 11 is 0. The van der Waals surface area contributed by atoms with E-state index in [4.69, 9.17) is 0 Å². The molecule has 0 bridgehead atoms. The molecule has 3 atom stereocenters. The van der Waals surface area contributed by atoms with Gasteiger partial charge in [-0.25, -0.2) is 13.4 Å². The van der Waals surface area contributed by atoms with Crippen molar-refractivity contribution in [2.24, 2.45) is 0 Å². The average Bonchev–Trinajstić information content (AvgIpc) is 3.44. The molecule has 9 nitrogen and oxygen atoms in total. The largest absolute Gasteiger partial charge is 0.383 e. The molecule has 1 aliphatic rings. The number of hydrogen-bond acceptors (Lipinski definition) is 6. The van der Waals surface area contributed by atoms with E-state index in [0.29, 0.717) is 17.8 Å². The van der Waals surface area contributed by atoms with Gasteiger partial charge in [-0.1, -0.05) is 66.7 Å². The Morgan fingerprint density at radius 1 is 0.973 bits per heavy atom. The van der Waals surface area contributed by atoms with Crippen LogP contribution >= 0.6 is 0 Å². The predicted molar refractivity (Wildman–Crippen MR) is 138 cm³/mol. The lowest BCUT2D eigenvalue weighted by Gasteiger charge is -2.20. The standard InChI is InChI=1S/C27H26N4O5S/c32-23(15-17-6-2-1-3-7-17)27(34)30-22(26-28-20-8-4-5-9-21(20)29-26)14-18-10-12-19(13-11-18)24-16-25(33)31-37(24,35)36/h1-13,22-24,32H,14-16H2,(H,28,29)(H,30,34)(H,31,33)/t22-,23-,24?/m0/s1. The summed E-state index contributed by atoms with van der Waals surface area (Å²) in [5.74, 6) is -0.498. The lowest BCUT2D eigenvalue weighted by molar-refractivity contribution is -0.130. The zero-order chi connectivity index (χ0) is 26.0. The fourth-order valence-electron chi connectivity index (χ4n) is 4.50. The van der Waals surface area contributed by atoms with E-state index in [1.807, 2.05) is 59.3 Å². The molecule has 3 aromatic carbocycles. The average molecular weight is 519 g/mol. The van der Waals surface area contributed by atoms with Gasteiger partial charge in [0.05, 0.1) is 23.5 Å². The Morgan fingerprint density at radius 2 is 1.65 bits per heavy atom. The third-order valence-electron chi connectivity index (χ3n) is 6.42. The Hall–Kier alpha value is -4.02. The van der Waals surface area contributed by atoms with Gasteiger partial charge in [0.15, 0.2) is 0 Å². The number of nitrogens with one attached hydrogen (secondary N) is 3. The van der Waals surface area contributed by atoms with Crippen LogP contribution in [0.1, 0.15) is 40.2 Å². The number of carbonyl (C=O) groups is 2. The Labute approximate surface area is 214 Å². The number of benzene rings is 3. The summed E-state index contributed by atoms with van der Waals surface area (Å²) < 4.78 is 26.4. The number of hydrogen-bond donors (Lipinski definition) is 4. The van der Waals surface area contributed by atoms with E-state index in [2.05, 4.69) is 15.3 Å². The molecule has 0 radical (unpaired) electrons. The SMILES string of the molecule is O=C1CC(c2ccc(C[C@H](NC(=O)[C@@H](O)Cc3ccccc3)c3nc4ccccc4[nH]3)cc2)S(=O)(=O)N1. The highest BCUT2D eigenvalue weighted by atomic mass is 32.2. The molecule has 10 heteroatoms. The molecule has 1 fully saturated rings. The van der Waals surface area contributed by atoms with E-state index in [-0.39, 0.29) is 12.8 Å². The molecule has 1 aromatic heterocycles. The number of rotatable bonds is 8. The van der Waals surface area contributed by atoms with E-state index in [0.717, 1.165) is 22.2 Å². The van der Waals surface area contributed by atoms with Gasteiger partial charge in [0.25, 0.3) is 0 Å². The number of aromatic nitrogens is 2. The van der Waals surface area contributed by atoms with Crippen LogP contribution in [0.25, 0.3) is 11.0 Å². The molecule has 0 spiro atoms. The molecule has 4 N–H and O–H groups in total. The number of carbonyl (C=O) groups excluding carboxylic acids is 2. The van der Waals surface area contributed by atoms with E-state index in [1.54, 1.807) is 24.3 Å². The molecule has 190 valence electrons. The van der Waals surface area contributed by atoms with Crippen molar-refractivity contribution in [3.63, 3.8) is 0 Å². The number of H-pyrrole nitrogens is 1. The second-order valence-electron chi connectivity index (χ2n) is 9.11. The van der Waals surface area contributed by atoms with E-state index >= 15 is 0 Å². The summed E-state index contributed by atoms with van der Waals surface area (Å²) in [4.78, 5) is 32.4. The van der Waals surface area contributed by atoms with Crippen LogP contribution in [-0.4, -0.2) is 41.4 Å². The van der Waals surface area contributed by atoms with Crippen molar-refractivity contribution < 1.29 is 23.1 Å². The van der Waals surface area contributed by atoms with Crippen LogP contribution in [0, 0.1) is 0 Å². The van der Waals surface area contributed by atoms with E-state index < -0.39 is 39.2 Å². The first kappa shape index (κ1) is 24.7. The molecule has 4 aromatic rings. The molecule has 37 heavy (non-hydrogen) atoms. The second-order valence-corrected chi connectivity index (χ2v) is 11.0. The fourth-order valence-corrected chi connectivity index (χ4v) is 5.93. The van der Waals surface area contributed by atoms with Crippen molar-refractivity contribution in [1.82, 2.24) is 20.0 Å². The number of imidazole rings is 1. The topological polar surface area (TPSA) is 141 Å². The Balaban J connectivity index is 1.37. The number of sulfonamides is 1. The van der Waals surface area contributed by atoms with Gasteiger partial charge in [0.2, 0.25) is 21.8 Å². The molecule has 1 saturated heterocycles. The maximum Gasteiger partial charge on any atom is 0.249 e. The molecule has 1 aliphatic heterocycles. The molecule has 0 saturated carbocycles. The Bertz CT molecular complexity index is 1500. The highest BCUT2D eigenvalue weighted by molar-refractivity contribution is 7.90. The summed E-state index contributed by atoms with van der Waals surface area (Å²) in [6, 6.07) is 23.1. The summed E-state index contributed by atoms with van der Waals surface area (Å²) in [7, 11) is -3.73. The zero-order valence-corrected chi connectivity index (χ0v) is 20.6. The summed E-state index contributed by atoms with van der Waals surface area (Å²) in [5.41, 5.74) is 3.75. The van der Waals surface area contributed by atoms with Crippen molar-refractivity contribution in [1.29, 1.82) is 0 Å². The lowest BCUT2D eigenvalue weighted by Crippen LogP contribution is -2.39. The molecule has 1 unspecified atom stereocenters. The second kappa shape index (κ2) is 10.2. The number of para-hydroxylation sites is 2. The van der Waals surface area contributed by atoms with Crippen LogP contribution in [0.3, 0.4) is 0 Å². The highest BCUT2D eigenvalue weighted by Crippen LogP contribution is 2.30. The van der Waals surface area contributed by atoms with Crippen LogP contribution in [0.15, 0.2) is 78.9 Å². The van der Waals surface area contributed by atoms with Crippen LogP contribution in [0.4, 0.5) is 0 Å². The first-order valence-electron chi connectivity index (χ1n) is 11.9. The minimum atomic E-state index is -3.73. The van der Waals surface area contributed by atoms with Crippen molar-refractivity contribution in [2.45, 2.75) is 36.7 Å². The third kappa shape index (κ3) is 5.55. The number of aromatic amines is 1. The van der Waals surface area contributed by atoms with Gasteiger partial charge < -0.3 is 15.4 Å². The fraction of sp³-hybridized carbons (Fsp3) is 0.222. The summed E-state index contributed by atoms with van der Waals surface area (Å²) in [6.07, 6.45) is -0.831. The number of aliphatic hydroxyl groups excluding tert-OH is 1. The molecule has 5 rings (SSSR count). The molecular formula is C27H26N4O5S. The Morgan fingerprint density at radius 3 is 2.32 bits per heavy atom. The van der Waals surface area contributed by atoms with Gasteiger partial charge in [0.1, 0.15) is 17.2 Å². The van der Waals surface area contributed by atoms with Gasteiger partial charge >= 0.3 is 0 Å². The van der Waals surface area contributed by atoms with Crippen LogP contribution in [0.5, 0.6) is 0 Å². The maximum absolute atomic E-state index is 13.0. The third-order valence-corrected chi connectivity index (χ3v) is 8.12. The smallest absolute Gasteiger partial charge is 0.249 e. The van der Waals surface area contributed by atoms with Crippen LogP contribution in [0.2, 0.25) is 0 Å². The number of amides is 2. The summed E-state index contributed by atoms with van der Waals surface area (Å²) in [5, 5.41) is 12.6. The minimum Gasteiger partial charge on any atom is -0.383 e. The van der Waals surface area contributed by atoms with E-state index in [9.17, 15) is 23.1 Å². The molecule has 0 aliphatic carbocycles. The van der Waals surface area contributed by atoms with Crippen molar-refractivity contribution >= 4 is 32.9 Å². The summed E-state index contributed by atoms with van der Waals surface area (Å²) in [6.45, 7) is 0. The van der Waals surface area contributed by atoms with Gasteiger partial charge in [0, 0.05) is 6.42 Å². The highest BCUT2D eigenvalue weighted by Gasteiger charge is 2.37. The number of nitrogens with zero attached hydrogens (tertiary/aromatic N) is 1. The number of aliphatic hydroxyl groups is 1. The predicted octanol–water partition coefficient (Wildman–Crippen LogP) is 2.46.